The fraction of sp³-hybridized carbons (Fsp3) is 0.0351. The number of aromatic nitrogens is 2. The lowest BCUT2D eigenvalue weighted by Crippen LogP contribution is -2.06. The molecule has 0 saturated carbocycles. The Balaban J connectivity index is 1.20. The molecule has 0 fully saturated rings. The Morgan fingerprint density at radius 3 is 1.54 bits per heavy atom. The van der Waals surface area contributed by atoms with Crippen molar-refractivity contribution in [3.8, 4) is 33.6 Å². The number of hydrogen-bond acceptors (Lipinski definition) is 2. The Hall–Kier alpha value is -7.70. The normalized spacial score (nSPS) is 12.3. The first-order valence-corrected chi connectivity index (χ1v) is 22.9. The van der Waals surface area contributed by atoms with E-state index in [1.165, 1.54) is 52.5 Å². The maximum Gasteiger partial charge on any atom is 0.416 e. The molecule has 0 bridgehead atoms. The fourth-order valence-corrected chi connectivity index (χ4v) is 12.9. The van der Waals surface area contributed by atoms with Crippen LogP contribution in [0.4, 0.5) is 18.9 Å². The Labute approximate surface area is 377 Å². The van der Waals surface area contributed by atoms with Crippen LogP contribution >= 0.6 is 22.7 Å². The molecular formula is C57H32F3N3S2. The van der Waals surface area contributed by atoms with Crippen LogP contribution in [0.15, 0.2) is 176 Å². The van der Waals surface area contributed by atoms with Crippen molar-refractivity contribution < 1.29 is 13.2 Å². The minimum Gasteiger partial charge on any atom is -0.310 e. The van der Waals surface area contributed by atoms with E-state index in [1.807, 2.05) is 42.5 Å². The fourth-order valence-electron chi connectivity index (χ4n) is 10.4. The summed E-state index contributed by atoms with van der Waals surface area (Å²) in [7, 11) is 0. The van der Waals surface area contributed by atoms with E-state index >= 15 is 0 Å². The number of halogens is 3. The van der Waals surface area contributed by atoms with Gasteiger partial charge in [-0.3, -0.25) is 0 Å². The monoisotopic (exact) mass is 879 g/mol. The van der Waals surface area contributed by atoms with Crippen molar-refractivity contribution in [3.05, 3.63) is 198 Å². The van der Waals surface area contributed by atoms with Gasteiger partial charge in [0.1, 0.15) is 0 Å². The number of aryl methyl sites for hydroxylation is 1. The first kappa shape index (κ1) is 37.8. The van der Waals surface area contributed by atoms with E-state index < -0.39 is 11.7 Å². The SMILES string of the molecule is [C-]#[N+]c1cccc(-n2c3ccccc3c3c4sc5ccccc5c4ccc32)c1-c1c(-c2cc(C)cc(C(F)(F)F)c2)cccc1-n1c2ccccc2c2c3sc4ccccc4c3ccc21. The summed E-state index contributed by atoms with van der Waals surface area (Å²) in [5, 5.41) is 9.14. The minimum absolute atomic E-state index is 0.390. The second kappa shape index (κ2) is 13.9. The highest BCUT2D eigenvalue weighted by Gasteiger charge is 2.32. The third kappa shape index (κ3) is 5.46. The maximum atomic E-state index is 14.7. The number of benzene rings is 9. The van der Waals surface area contributed by atoms with Gasteiger partial charge in [-0.1, -0.05) is 115 Å². The lowest BCUT2D eigenvalue weighted by Gasteiger charge is -2.23. The maximum absolute atomic E-state index is 14.7. The van der Waals surface area contributed by atoms with Gasteiger partial charge in [-0.15, -0.1) is 22.7 Å². The molecule has 65 heavy (non-hydrogen) atoms. The molecule has 0 amide bonds. The zero-order valence-electron chi connectivity index (χ0n) is 34.5. The van der Waals surface area contributed by atoms with E-state index in [4.69, 9.17) is 6.57 Å². The van der Waals surface area contributed by atoms with Crippen LogP contribution in [-0.4, -0.2) is 9.13 Å². The van der Waals surface area contributed by atoms with Crippen molar-refractivity contribution in [1.82, 2.24) is 9.13 Å². The summed E-state index contributed by atoms with van der Waals surface area (Å²) in [4.78, 5) is 4.23. The van der Waals surface area contributed by atoms with Crippen LogP contribution < -0.4 is 0 Å². The van der Waals surface area contributed by atoms with Crippen molar-refractivity contribution >= 4 is 112 Å². The summed E-state index contributed by atoms with van der Waals surface area (Å²) >= 11 is 3.54. The van der Waals surface area contributed by atoms with Crippen molar-refractivity contribution in [2.24, 2.45) is 0 Å². The van der Waals surface area contributed by atoms with Crippen molar-refractivity contribution in [3.63, 3.8) is 0 Å². The Bertz CT molecular complexity index is 4210. The van der Waals surface area contributed by atoms with Crippen LogP contribution in [0.5, 0.6) is 0 Å². The lowest BCUT2D eigenvalue weighted by atomic mass is 9.89. The van der Waals surface area contributed by atoms with Crippen LogP contribution in [-0.2, 0) is 6.18 Å². The van der Waals surface area contributed by atoms with Gasteiger partial charge >= 0.3 is 6.18 Å². The number of fused-ring (bicyclic) bond motifs is 14. The molecule has 4 aromatic heterocycles. The van der Waals surface area contributed by atoms with Crippen molar-refractivity contribution in [2.45, 2.75) is 13.1 Å². The second-order valence-electron chi connectivity index (χ2n) is 16.6. The standard InChI is InChI=1S/C57H32F3N3S2/c1-32-29-33(31-34(30-32)57(58,59)60)35-17-11-21-45(62-43-19-7-3-15-40(43)52-47(62)27-25-38-36-13-5-9-23-49(36)64-55(38)52)51(35)54-42(61-2)18-12-22-46(54)63-44-20-8-4-16-41(44)53-48(63)28-26-39-37-14-6-10-24-50(37)65-56(39)53/h3-31H,1H3. The van der Waals surface area contributed by atoms with E-state index in [1.54, 1.807) is 29.6 Å². The van der Waals surface area contributed by atoms with Gasteiger partial charge in [0.2, 0.25) is 0 Å². The molecule has 0 aliphatic rings. The summed E-state index contributed by atoms with van der Waals surface area (Å²) in [5.74, 6) is 0. The molecule has 9 aromatic carbocycles. The van der Waals surface area contributed by atoms with Gasteiger partial charge in [0.15, 0.2) is 5.69 Å². The number of para-hydroxylation sites is 2. The smallest absolute Gasteiger partial charge is 0.310 e. The molecule has 0 spiro atoms. The summed E-state index contributed by atoms with van der Waals surface area (Å²) in [5.41, 5.74) is 7.86. The van der Waals surface area contributed by atoms with Gasteiger partial charge in [-0.05, 0) is 84.3 Å². The Morgan fingerprint density at radius 2 is 0.985 bits per heavy atom. The van der Waals surface area contributed by atoms with Gasteiger partial charge in [0.05, 0.1) is 39.9 Å². The van der Waals surface area contributed by atoms with E-state index in [2.05, 4.69) is 135 Å². The van der Waals surface area contributed by atoms with Crippen LogP contribution in [0.2, 0.25) is 0 Å². The third-order valence-electron chi connectivity index (χ3n) is 13.0. The largest absolute Gasteiger partial charge is 0.416 e. The molecule has 0 radical (unpaired) electrons. The zero-order valence-corrected chi connectivity index (χ0v) is 36.2. The quantitative estimate of drug-likeness (QED) is 0.156. The summed E-state index contributed by atoms with van der Waals surface area (Å²) < 4.78 is 53.5. The average Bonchev–Trinajstić information content (AvgIpc) is 4.08. The van der Waals surface area contributed by atoms with Gasteiger partial charge in [0, 0.05) is 78.7 Å². The summed E-state index contributed by atoms with van der Waals surface area (Å²) in [6, 6.07) is 58.4. The van der Waals surface area contributed by atoms with Crippen LogP contribution in [0, 0.1) is 13.5 Å². The molecule has 0 saturated heterocycles. The molecule has 0 aliphatic carbocycles. The predicted octanol–water partition coefficient (Wildman–Crippen LogP) is 17.8. The third-order valence-corrected chi connectivity index (χ3v) is 15.4. The van der Waals surface area contributed by atoms with Crippen LogP contribution in [0.25, 0.3) is 122 Å². The number of nitrogens with zero attached hydrogens (tertiary/aromatic N) is 3. The molecule has 13 aromatic rings. The molecule has 8 heteroatoms. The van der Waals surface area contributed by atoms with Gasteiger partial charge < -0.3 is 9.13 Å². The topological polar surface area (TPSA) is 14.2 Å². The van der Waals surface area contributed by atoms with Crippen molar-refractivity contribution in [2.75, 3.05) is 0 Å². The van der Waals surface area contributed by atoms with E-state index in [0.717, 1.165) is 55.0 Å². The first-order valence-electron chi connectivity index (χ1n) is 21.3. The van der Waals surface area contributed by atoms with Crippen molar-refractivity contribution in [1.29, 1.82) is 0 Å². The lowest BCUT2D eigenvalue weighted by molar-refractivity contribution is -0.137. The van der Waals surface area contributed by atoms with E-state index in [9.17, 15) is 13.2 Å². The minimum atomic E-state index is -4.57. The first-order chi connectivity index (χ1) is 31.8. The summed E-state index contributed by atoms with van der Waals surface area (Å²) in [6.45, 7) is 10.5. The highest BCUT2D eigenvalue weighted by Crippen LogP contribution is 2.51. The van der Waals surface area contributed by atoms with Crippen LogP contribution in [0.3, 0.4) is 0 Å². The number of thiophene rings is 2. The molecule has 0 aliphatic heterocycles. The predicted molar refractivity (Wildman–Crippen MR) is 268 cm³/mol. The van der Waals surface area contributed by atoms with E-state index in [0.29, 0.717) is 33.5 Å². The number of alkyl halides is 3. The second-order valence-corrected chi connectivity index (χ2v) is 18.7. The van der Waals surface area contributed by atoms with Gasteiger partial charge in [-0.2, -0.15) is 13.2 Å². The molecule has 0 atom stereocenters. The Kier molecular flexibility index (Phi) is 8.09. The van der Waals surface area contributed by atoms with Gasteiger partial charge in [0.25, 0.3) is 0 Å². The molecule has 4 heterocycles. The summed E-state index contributed by atoms with van der Waals surface area (Å²) in [6.07, 6.45) is -4.57. The highest BCUT2D eigenvalue weighted by molar-refractivity contribution is 7.27. The molecule has 3 nitrogen and oxygen atoms in total. The van der Waals surface area contributed by atoms with Crippen LogP contribution in [0.1, 0.15) is 11.1 Å². The van der Waals surface area contributed by atoms with E-state index in [-0.39, 0.29) is 0 Å². The molecular weight excluding hydrogens is 848 g/mol. The number of hydrogen-bond donors (Lipinski definition) is 0. The number of rotatable bonds is 4. The Morgan fingerprint density at radius 1 is 0.477 bits per heavy atom. The molecule has 0 N–H and O–H groups in total. The molecule has 13 rings (SSSR count). The van der Waals surface area contributed by atoms with Gasteiger partial charge in [-0.25, -0.2) is 4.85 Å². The highest BCUT2D eigenvalue weighted by atomic mass is 32.1. The molecule has 308 valence electrons. The molecule has 0 unspecified atom stereocenters. The average molecular weight is 880 g/mol. The zero-order chi connectivity index (χ0) is 43.7.